The minimum Gasteiger partial charge on any atom is -0.355 e. The van der Waals surface area contributed by atoms with Crippen molar-refractivity contribution in [1.82, 2.24) is 10.6 Å². The van der Waals surface area contributed by atoms with E-state index in [2.05, 4.69) is 22.8 Å². The van der Waals surface area contributed by atoms with Crippen molar-refractivity contribution in [2.75, 3.05) is 7.05 Å². The molecule has 0 aliphatic heterocycles. The van der Waals surface area contributed by atoms with E-state index in [1.165, 1.54) is 0 Å². The molecule has 0 unspecified atom stereocenters. The molecule has 0 saturated heterocycles. The van der Waals surface area contributed by atoms with E-state index < -0.39 is 0 Å². The van der Waals surface area contributed by atoms with Gasteiger partial charge in [0.15, 0.2) is 0 Å². The predicted octanol–water partition coefficient (Wildman–Crippen LogP) is 2.02. The molecule has 1 atom stereocenters. The minimum atomic E-state index is -0.115. The Hall–Kier alpha value is -2.10. The van der Waals surface area contributed by atoms with Gasteiger partial charge in [-0.15, -0.1) is 0 Å². The molecule has 2 N–H and O–H groups in total. The normalized spacial score (nSPS) is 17.6. The largest absolute Gasteiger partial charge is 0.355 e. The maximum Gasteiger partial charge on any atom is 0.251 e. The van der Waals surface area contributed by atoms with Gasteiger partial charge in [-0.05, 0) is 37.0 Å². The van der Waals surface area contributed by atoms with Crippen molar-refractivity contribution in [3.8, 4) is 0 Å². The number of allylic oxidation sites excluding steroid dienone is 2. The van der Waals surface area contributed by atoms with Gasteiger partial charge in [0.25, 0.3) is 5.91 Å². The molecule has 2 amide bonds. The Morgan fingerprint density at radius 2 is 2.15 bits per heavy atom. The van der Waals surface area contributed by atoms with Crippen molar-refractivity contribution in [2.45, 2.75) is 25.8 Å². The second-order valence-electron chi connectivity index (χ2n) is 4.98. The van der Waals surface area contributed by atoms with Crippen LogP contribution in [0, 0.1) is 5.92 Å². The molecule has 0 spiro atoms. The van der Waals surface area contributed by atoms with Crippen molar-refractivity contribution in [3.63, 3.8) is 0 Å². The van der Waals surface area contributed by atoms with E-state index >= 15 is 0 Å². The highest BCUT2D eigenvalue weighted by Crippen LogP contribution is 2.18. The first-order valence-corrected chi connectivity index (χ1v) is 6.94. The minimum absolute atomic E-state index is 0.0853. The molecule has 0 radical (unpaired) electrons. The standard InChI is InChI=1S/C16H20N2O2/c1-17-15(19)14-9-5-6-12(10-14)11-18-16(20)13-7-3-2-4-8-13/h2-3,5-6,9-10,13H,4,7-8,11H2,1H3,(H,17,19)(H,18,20)/t13-/m1/s1. The van der Waals surface area contributed by atoms with Gasteiger partial charge in [-0.3, -0.25) is 9.59 Å². The molecule has 4 nitrogen and oxygen atoms in total. The van der Waals surface area contributed by atoms with Gasteiger partial charge in [0.2, 0.25) is 5.91 Å². The van der Waals surface area contributed by atoms with Gasteiger partial charge in [0.05, 0.1) is 0 Å². The summed E-state index contributed by atoms with van der Waals surface area (Å²) in [5.41, 5.74) is 1.55. The third-order valence-electron chi connectivity index (χ3n) is 3.52. The zero-order valence-electron chi connectivity index (χ0n) is 11.7. The van der Waals surface area contributed by atoms with Gasteiger partial charge in [-0.25, -0.2) is 0 Å². The molecular weight excluding hydrogens is 252 g/mol. The summed E-state index contributed by atoms with van der Waals surface area (Å²) in [7, 11) is 1.60. The number of amides is 2. The van der Waals surface area contributed by atoms with Crippen LogP contribution in [0.5, 0.6) is 0 Å². The lowest BCUT2D eigenvalue weighted by Crippen LogP contribution is -2.30. The molecule has 0 heterocycles. The molecule has 1 aliphatic rings. The third-order valence-corrected chi connectivity index (χ3v) is 3.52. The molecule has 0 saturated carbocycles. The SMILES string of the molecule is CNC(=O)c1cccc(CNC(=O)[C@@H]2CC=CCC2)c1. The summed E-state index contributed by atoms with van der Waals surface area (Å²) in [6, 6.07) is 7.30. The zero-order chi connectivity index (χ0) is 14.4. The summed E-state index contributed by atoms with van der Waals surface area (Å²) < 4.78 is 0. The van der Waals surface area contributed by atoms with Crippen LogP contribution in [0.15, 0.2) is 36.4 Å². The number of carbonyl (C=O) groups excluding carboxylic acids is 2. The summed E-state index contributed by atoms with van der Waals surface area (Å²) in [6.45, 7) is 0.462. The molecule has 1 aliphatic carbocycles. The lowest BCUT2D eigenvalue weighted by atomic mass is 9.93. The first-order chi connectivity index (χ1) is 9.70. The summed E-state index contributed by atoms with van der Waals surface area (Å²) in [5.74, 6) is 0.0670. The maximum absolute atomic E-state index is 12.0. The van der Waals surface area contributed by atoms with Crippen molar-refractivity contribution in [3.05, 3.63) is 47.5 Å². The van der Waals surface area contributed by atoms with E-state index in [0.717, 1.165) is 24.8 Å². The Morgan fingerprint density at radius 1 is 1.30 bits per heavy atom. The van der Waals surface area contributed by atoms with Crippen LogP contribution < -0.4 is 10.6 Å². The van der Waals surface area contributed by atoms with E-state index in [9.17, 15) is 9.59 Å². The van der Waals surface area contributed by atoms with Gasteiger partial charge in [0, 0.05) is 25.1 Å². The molecule has 0 aromatic heterocycles. The fraction of sp³-hybridized carbons (Fsp3) is 0.375. The van der Waals surface area contributed by atoms with Crippen LogP contribution in [-0.4, -0.2) is 18.9 Å². The fourth-order valence-electron chi connectivity index (χ4n) is 2.33. The Bertz CT molecular complexity index is 523. The molecule has 0 fully saturated rings. The van der Waals surface area contributed by atoms with Gasteiger partial charge in [0.1, 0.15) is 0 Å². The summed E-state index contributed by atoms with van der Waals surface area (Å²) >= 11 is 0. The van der Waals surface area contributed by atoms with Crippen LogP contribution in [0.4, 0.5) is 0 Å². The van der Waals surface area contributed by atoms with Crippen molar-refractivity contribution < 1.29 is 9.59 Å². The molecule has 106 valence electrons. The van der Waals surface area contributed by atoms with Crippen LogP contribution in [-0.2, 0) is 11.3 Å². The average molecular weight is 272 g/mol. The second-order valence-corrected chi connectivity index (χ2v) is 4.98. The van der Waals surface area contributed by atoms with E-state index in [1.807, 2.05) is 12.1 Å². The molecule has 1 aromatic rings. The van der Waals surface area contributed by atoms with Gasteiger partial charge in [-0.1, -0.05) is 24.3 Å². The summed E-state index contributed by atoms with van der Waals surface area (Å²) in [6.07, 6.45) is 6.91. The monoisotopic (exact) mass is 272 g/mol. The Kier molecular flexibility index (Phi) is 4.93. The highest BCUT2D eigenvalue weighted by atomic mass is 16.2. The van der Waals surface area contributed by atoms with Crippen molar-refractivity contribution >= 4 is 11.8 Å². The maximum atomic E-state index is 12.0. The molecule has 4 heteroatoms. The number of hydrogen-bond donors (Lipinski definition) is 2. The highest BCUT2D eigenvalue weighted by molar-refractivity contribution is 5.94. The average Bonchev–Trinajstić information content (AvgIpc) is 2.53. The van der Waals surface area contributed by atoms with Crippen LogP contribution in [0.25, 0.3) is 0 Å². The predicted molar refractivity (Wildman–Crippen MR) is 78.2 cm³/mol. The van der Waals surface area contributed by atoms with Gasteiger partial charge in [-0.2, -0.15) is 0 Å². The Labute approximate surface area is 119 Å². The van der Waals surface area contributed by atoms with E-state index in [4.69, 9.17) is 0 Å². The highest BCUT2D eigenvalue weighted by Gasteiger charge is 2.18. The van der Waals surface area contributed by atoms with E-state index in [-0.39, 0.29) is 17.7 Å². The lowest BCUT2D eigenvalue weighted by molar-refractivity contribution is -0.125. The number of carbonyl (C=O) groups is 2. The second kappa shape index (κ2) is 6.89. The van der Waals surface area contributed by atoms with E-state index in [1.54, 1.807) is 19.2 Å². The molecule has 0 bridgehead atoms. The number of hydrogen-bond acceptors (Lipinski definition) is 2. The first-order valence-electron chi connectivity index (χ1n) is 6.94. The van der Waals surface area contributed by atoms with Gasteiger partial charge >= 0.3 is 0 Å². The smallest absolute Gasteiger partial charge is 0.251 e. The number of benzene rings is 1. The first kappa shape index (κ1) is 14.3. The van der Waals surface area contributed by atoms with Crippen LogP contribution in [0.1, 0.15) is 35.2 Å². The Morgan fingerprint density at radius 3 is 2.85 bits per heavy atom. The Balaban J connectivity index is 1.91. The topological polar surface area (TPSA) is 58.2 Å². The molecular formula is C16H20N2O2. The van der Waals surface area contributed by atoms with Crippen molar-refractivity contribution in [2.24, 2.45) is 5.92 Å². The van der Waals surface area contributed by atoms with E-state index in [0.29, 0.717) is 12.1 Å². The number of nitrogens with one attached hydrogen (secondary N) is 2. The lowest BCUT2D eigenvalue weighted by Gasteiger charge is -2.17. The number of rotatable bonds is 4. The van der Waals surface area contributed by atoms with Crippen molar-refractivity contribution in [1.29, 1.82) is 0 Å². The van der Waals surface area contributed by atoms with Crippen LogP contribution in [0.2, 0.25) is 0 Å². The summed E-state index contributed by atoms with van der Waals surface area (Å²) in [5, 5.41) is 5.54. The van der Waals surface area contributed by atoms with Crippen LogP contribution >= 0.6 is 0 Å². The van der Waals surface area contributed by atoms with Gasteiger partial charge < -0.3 is 10.6 Å². The molecule has 20 heavy (non-hydrogen) atoms. The third kappa shape index (κ3) is 3.70. The molecule has 1 aromatic carbocycles. The zero-order valence-corrected chi connectivity index (χ0v) is 11.7. The summed E-state index contributed by atoms with van der Waals surface area (Å²) in [4.78, 5) is 23.6. The van der Waals surface area contributed by atoms with Crippen LogP contribution in [0.3, 0.4) is 0 Å². The molecule has 2 rings (SSSR count). The fourth-order valence-corrected chi connectivity index (χ4v) is 2.33. The quantitative estimate of drug-likeness (QED) is 0.824.